The number of nitrogens with zero attached hydrogens (tertiary/aromatic N) is 2. The van der Waals surface area contributed by atoms with Crippen LogP contribution in [0.2, 0.25) is 0 Å². The maximum atomic E-state index is 11.1. The average Bonchev–Trinajstić information content (AvgIpc) is 2.80. The lowest BCUT2D eigenvalue weighted by Gasteiger charge is -2.03. The Morgan fingerprint density at radius 1 is 1.50 bits per heavy atom. The molecule has 3 N–H and O–H groups in total. The van der Waals surface area contributed by atoms with Crippen molar-refractivity contribution in [2.45, 2.75) is 24.8 Å². The summed E-state index contributed by atoms with van der Waals surface area (Å²) in [7, 11) is -3.75. The Bertz CT molecular complexity index is 578. The Morgan fingerprint density at radius 3 is 2.61 bits per heavy atom. The highest BCUT2D eigenvalue weighted by Gasteiger charge is 2.57. The SMILES string of the molecule is CC1(C)C(/C=N/O)C1c1ccc(S(N)(=O)=O)nc1. The number of nitrogens with two attached hydrogens (primary N) is 1. The van der Waals surface area contributed by atoms with E-state index in [-0.39, 0.29) is 22.3 Å². The van der Waals surface area contributed by atoms with E-state index in [1.54, 1.807) is 6.07 Å². The van der Waals surface area contributed by atoms with E-state index in [0.29, 0.717) is 0 Å². The first-order valence-corrected chi connectivity index (χ1v) is 6.99. The van der Waals surface area contributed by atoms with E-state index < -0.39 is 10.0 Å². The maximum absolute atomic E-state index is 11.1. The number of hydrogen-bond acceptors (Lipinski definition) is 5. The van der Waals surface area contributed by atoms with Crippen LogP contribution in [-0.4, -0.2) is 24.8 Å². The third kappa shape index (κ3) is 2.11. The van der Waals surface area contributed by atoms with Gasteiger partial charge in [-0.3, -0.25) is 0 Å². The van der Waals surface area contributed by atoms with Crippen molar-refractivity contribution in [3.63, 3.8) is 0 Å². The van der Waals surface area contributed by atoms with Crippen LogP contribution in [0.1, 0.15) is 25.3 Å². The van der Waals surface area contributed by atoms with Crippen LogP contribution < -0.4 is 5.14 Å². The standard InChI is InChI=1S/C11H15N3O3S/c1-11(2)8(6-14-15)10(11)7-3-4-9(13-5-7)18(12,16)17/h3-6,8,10,15H,1-2H3,(H2,12,16,17)/b14-6+. The van der Waals surface area contributed by atoms with Crippen molar-refractivity contribution >= 4 is 16.2 Å². The third-order valence-electron chi connectivity index (χ3n) is 3.55. The lowest BCUT2D eigenvalue weighted by atomic mass is 10.1. The monoisotopic (exact) mass is 269 g/mol. The Morgan fingerprint density at radius 2 is 2.17 bits per heavy atom. The molecule has 1 aromatic heterocycles. The summed E-state index contributed by atoms with van der Waals surface area (Å²) in [6.07, 6.45) is 3.01. The van der Waals surface area contributed by atoms with Crippen molar-refractivity contribution in [2.75, 3.05) is 0 Å². The van der Waals surface area contributed by atoms with Gasteiger partial charge in [0.1, 0.15) is 0 Å². The minimum atomic E-state index is -3.75. The molecule has 0 radical (unpaired) electrons. The maximum Gasteiger partial charge on any atom is 0.255 e. The lowest BCUT2D eigenvalue weighted by Crippen LogP contribution is -2.13. The number of primary sulfonamides is 1. The summed E-state index contributed by atoms with van der Waals surface area (Å²) in [5.74, 6) is 0.306. The van der Waals surface area contributed by atoms with Crippen LogP contribution in [-0.2, 0) is 10.0 Å². The quantitative estimate of drug-likeness (QED) is 0.483. The van der Waals surface area contributed by atoms with Crippen molar-refractivity contribution < 1.29 is 13.6 Å². The summed E-state index contributed by atoms with van der Waals surface area (Å²) in [6.45, 7) is 4.11. The van der Waals surface area contributed by atoms with Gasteiger partial charge in [0.2, 0.25) is 0 Å². The molecule has 7 heteroatoms. The molecule has 2 rings (SSSR count). The number of rotatable bonds is 3. The molecule has 0 aromatic carbocycles. The molecule has 1 aromatic rings. The summed E-state index contributed by atoms with van der Waals surface area (Å²) in [5, 5.41) is 16.5. The van der Waals surface area contributed by atoms with Crippen LogP contribution >= 0.6 is 0 Å². The molecule has 6 nitrogen and oxygen atoms in total. The van der Waals surface area contributed by atoms with Crippen molar-refractivity contribution in [3.05, 3.63) is 23.9 Å². The molecule has 0 bridgehead atoms. The van der Waals surface area contributed by atoms with Crippen LogP contribution in [0, 0.1) is 11.3 Å². The Labute approximate surface area is 106 Å². The van der Waals surface area contributed by atoms with Gasteiger partial charge >= 0.3 is 0 Å². The predicted octanol–water partition coefficient (Wildman–Crippen LogP) is 0.929. The molecule has 1 fully saturated rings. The van der Waals surface area contributed by atoms with Crippen LogP contribution in [0.4, 0.5) is 0 Å². The van der Waals surface area contributed by atoms with Gasteiger partial charge in [0.25, 0.3) is 10.0 Å². The van der Waals surface area contributed by atoms with Crippen molar-refractivity contribution in [2.24, 2.45) is 21.6 Å². The molecule has 1 saturated carbocycles. The summed E-state index contributed by atoms with van der Waals surface area (Å²) < 4.78 is 22.2. The minimum absolute atomic E-state index is 0.0168. The van der Waals surface area contributed by atoms with Gasteiger partial charge in [0.15, 0.2) is 5.03 Å². The van der Waals surface area contributed by atoms with Crippen LogP contribution in [0.25, 0.3) is 0 Å². The van der Waals surface area contributed by atoms with Gasteiger partial charge in [-0.15, -0.1) is 5.16 Å². The summed E-state index contributed by atoms with van der Waals surface area (Å²) in [6, 6.07) is 3.09. The van der Waals surface area contributed by atoms with Crippen LogP contribution in [0.3, 0.4) is 0 Å². The molecule has 18 heavy (non-hydrogen) atoms. The largest absolute Gasteiger partial charge is 0.411 e. The molecular formula is C11H15N3O3S. The fraction of sp³-hybridized carbons (Fsp3) is 0.455. The van der Waals surface area contributed by atoms with E-state index in [4.69, 9.17) is 10.3 Å². The van der Waals surface area contributed by atoms with Gasteiger partial charge < -0.3 is 5.21 Å². The highest BCUT2D eigenvalue weighted by Crippen LogP contribution is 2.63. The zero-order valence-electron chi connectivity index (χ0n) is 10.1. The van der Waals surface area contributed by atoms with Crippen molar-refractivity contribution in [1.29, 1.82) is 0 Å². The summed E-state index contributed by atoms with van der Waals surface area (Å²) in [5.41, 5.74) is 0.897. The molecule has 98 valence electrons. The number of aromatic nitrogens is 1. The molecule has 0 saturated heterocycles. The average molecular weight is 269 g/mol. The smallest absolute Gasteiger partial charge is 0.255 e. The number of hydrogen-bond donors (Lipinski definition) is 2. The van der Waals surface area contributed by atoms with Gasteiger partial charge in [-0.25, -0.2) is 18.5 Å². The van der Waals surface area contributed by atoms with Gasteiger partial charge in [-0.2, -0.15) is 0 Å². The van der Waals surface area contributed by atoms with E-state index in [2.05, 4.69) is 24.0 Å². The van der Waals surface area contributed by atoms with Gasteiger partial charge in [-0.05, 0) is 23.0 Å². The molecule has 0 aliphatic heterocycles. The first-order chi connectivity index (χ1) is 8.28. The second kappa shape index (κ2) is 4.03. The van der Waals surface area contributed by atoms with E-state index >= 15 is 0 Å². The van der Waals surface area contributed by atoms with Crippen LogP contribution in [0.15, 0.2) is 28.5 Å². The second-order valence-corrected chi connectivity index (χ2v) is 6.57. The summed E-state index contributed by atoms with van der Waals surface area (Å²) >= 11 is 0. The van der Waals surface area contributed by atoms with E-state index in [1.807, 2.05) is 0 Å². The van der Waals surface area contributed by atoms with Crippen molar-refractivity contribution in [3.8, 4) is 0 Å². The zero-order chi connectivity index (χ0) is 13.6. The third-order valence-corrected chi connectivity index (χ3v) is 4.37. The fourth-order valence-electron chi connectivity index (χ4n) is 2.41. The second-order valence-electron chi connectivity index (χ2n) is 5.06. The van der Waals surface area contributed by atoms with Gasteiger partial charge in [-0.1, -0.05) is 19.9 Å². The van der Waals surface area contributed by atoms with Crippen molar-refractivity contribution in [1.82, 2.24) is 4.98 Å². The Balaban J connectivity index is 2.27. The predicted molar refractivity (Wildman–Crippen MR) is 65.9 cm³/mol. The van der Waals surface area contributed by atoms with Gasteiger partial charge in [0.05, 0.1) is 0 Å². The van der Waals surface area contributed by atoms with E-state index in [1.165, 1.54) is 18.5 Å². The zero-order valence-corrected chi connectivity index (χ0v) is 10.9. The van der Waals surface area contributed by atoms with E-state index in [0.717, 1.165) is 5.56 Å². The highest BCUT2D eigenvalue weighted by molar-refractivity contribution is 7.89. The molecule has 1 heterocycles. The first kappa shape index (κ1) is 13.0. The number of oxime groups is 1. The first-order valence-electron chi connectivity index (χ1n) is 5.45. The van der Waals surface area contributed by atoms with Gasteiger partial charge in [0, 0.05) is 18.3 Å². The van der Waals surface area contributed by atoms with E-state index in [9.17, 15) is 8.42 Å². The number of pyridine rings is 1. The molecule has 0 amide bonds. The Kier molecular flexibility index (Phi) is 2.90. The molecular weight excluding hydrogens is 254 g/mol. The van der Waals surface area contributed by atoms with Crippen LogP contribution in [0.5, 0.6) is 0 Å². The molecule has 0 spiro atoms. The molecule has 2 unspecified atom stereocenters. The molecule has 2 atom stereocenters. The topological polar surface area (TPSA) is 106 Å². The minimum Gasteiger partial charge on any atom is -0.411 e. The Hall–Kier alpha value is -1.47. The number of sulfonamides is 1. The molecule has 1 aliphatic carbocycles. The normalized spacial score (nSPS) is 26.4. The lowest BCUT2D eigenvalue weighted by molar-refractivity contribution is 0.319. The molecule has 1 aliphatic rings. The summed E-state index contributed by atoms with van der Waals surface area (Å²) in [4.78, 5) is 3.85. The fourth-order valence-corrected chi connectivity index (χ4v) is 2.87. The highest BCUT2D eigenvalue weighted by atomic mass is 32.2.